The van der Waals surface area contributed by atoms with Crippen LogP contribution in [0.3, 0.4) is 0 Å². The standard InChI is InChI=1S/C12H18O3S/c1-3-5-10-7-8-12(16(13,14)15)9-11(10)6-4-2/h7-9H,3-6H2,1-2H3,(H,13,14,15). The Labute approximate surface area is 97.2 Å². The minimum absolute atomic E-state index is 0.00389. The van der Waals surface area contributed by atoms with Gasteiger partial charge in [-0.2, -0.15) is 8.42 Å². The van der Waals surface area contributed by atoms with Crippen LogP contribution in [0.4, 0.5) is 0 Å². The smallest absolute Gasteiger partial charge is 0.282 e. The highest BCUT2D eigenvalue weighted by molar-refractivity contribution is 7.85. The molecular formula is C12H18O3S. The second kappa shape index (κ2) is 5.46. The molecule has 1 N–H and O–H groups in total. The van der Waals surface area contributed by atoms with Gasteiger partial charge in [0.2, 0.25) is 0 Å². The molecule has 16 heavy (non-hydrogen) atoms. The lowest BCUT2D eigenvalue weighted by molar-refractivity contribution is 0.483. The topological polar surface area (TPSA) is 54.4 Å². The van der Waals surface area contributed by atoms with E-state index in [-0.39, 0.29) is 4.90 Å². The van der Waals surface area contributed by atoms with E-state index in [0.29, 0.717) is 0 Å². The van der Waals surface area contributed by atoms with Crippen molar-refractivity contribution in [2.75, 3.05) is 0 Å². The summed E-state index contributed by atoms with van der Waals surface area (Å²) in [5, 5.41) is 0. The molecule has 0 radical (unpaired) electrons. The van der Waals surface area contributed by atoms with E-state index in [1.807, 2.05) is 0 Å². The van der Waals surface area contributed by atoms with Crippen LogP contribution in [0, 0.1) is 0 Å². The maximum Gasteiger partial charge on any atom is 0.294 e. The van der Waals surface area contributed by atoms with Crippen molar-refractivity contribution in [1.29, 1.82) is 0 Å². The van der Waals surface area contributed by atoms with Crippen molar-refractivity contribution in [2.45, 2.75) is 44.4 Å². The molecule has 4 heteroatoms. The molecule has 0 atom stereocenters. The summed E-state index contributed by atoms with van der Waals surface area (Å²) < 4.78 is 31.0. The van der Waals surface area contributed by atoms with Gasteiger partial charge < -0.3 is 0 Å². The average Bonchev–Trinajstić information content (AvgIpc) is 2.19. The summed E-state index contributed by atoms with van der Waals surface area (Å²) >= 11 is 0. The first-order valence-electron chi connectivity index (χ1n) is 5.58. The summed E-state index contributed by atoms with van der Waals surface area (Å²) in [5.41, 5.74) is 2.20. The van der Waals surface area contributed by atoms with Crippen molar-refractivity contribution in [3.8, 4) is 0 Å². The van der Waals surface area contributed by atoms with Crippen molar-refractivity contribution < 1.29 is 13.0 Å². The van der Waals surface area contributed by atoms with Gasteiger partial charge in [-0.1, -0.05) is 32.8 Å². The zero-order valence-corrected chi connectivity index (χ0v) is 10.5. The normalized spacial score (nSPS) is 11.7. The summed E-state index contributed by atoms with van der Waals surface area (Å²) in [6.07, 6.45) is 3.79. The molecular weight excluding hydrogens is 224 g/mol. The molecule has 0 aliphatic rings. The number of hydrogen-bond acceptors (Lipinski definition) is 2. The Morgan fingerprint density at radius 1 is 1.06 bits per heavy atom. The molecule has 0 heterocycles. The van der Waals surface area contributed by atoms with E-state index in [1.165, 1.54) is 11.6 Å². The SMILES string of the molecule is CCCc1ccc(S(=O)(=O)O)cc1CCC. The first-order chi connectivity index (χ1) is 7.49. The second-order valence-corrected chi connectivity index (χ2v) is 5.33. The monoisotopic (exact) mass is 242 g/mol. The third-order valence-corrected chi connectivity index (χ3v) is 3.36. The van der Waals surface area contributed by atoms with E-state index in [4.69, 9.17) is 4.55 Å². The van der Waals surface area contributed by atoms with Crippen molar-refractivity contribution >= 4 is 10.1 Å². The van der Waals surface area contributed by atoms with E-state index in [1.54, 1.807) is 12.1 Å². The van der Waals surface area contributed by atoms with Crippen LogP contribution in [0.15, 0.2) is 23.1 Å². The average molecular weight is 242 g/mol. The fourth-order valence-electron chi connectivity index (χ4n) is 1.78. The molecule has 0 amide bonds. The van der Waals surface area contributed by atoms with Gasteiger partial charge in [0.25, 0.3) is 10.1 Å². The zero-order chi connectivity index (χ0) is 12.2. The Bertz CT molecular complexity index is 449. The maximum atomic E-state index is 11.0. The van der Waals surface area contributed by atoms with Crippen LogP contribution in [0.2, 0.25) is 0 Å². The highest BCUT2D eigenvalue weighted by Gasteiger charge is 2.11. The predicted octanol–water partition coefficient (Wildman–Crippen LogP) is 2.84. The minimum Gasteiger partial charge on any atom is -0.282 e. The quantitative estimate of drug-likeness (QED) is 0.808. The summed E-state index contributed by atoms with van der Waals surface area (Å²) in [4.78, 5) is -0.00389. The van der Waals surface area contributed by atoms with Gasteiger partial charge in [0.1, 0.15) is 0 Å². The van der Waals surface area contributed by atoms with E-state index in [0.717, 1.165) is 31.2 Å². The fourth-order valence-corrected chi connectivity index (χ4v) is 2.31. The fraction of sp³-hybridized carbons (Fsp3) is 0.500. The molecule has 0 aromatic heterocycles. The van der Waals surface area contributed by atoms with Gasteiger partial charge in [-0.15, -0.1) is 0 Å². The van der Waals surface area contributed by atoms with Crippen LogP contribution in [0.25, 0.3) is 0 Å². The zero-order valence-electron chi connectivity index (χ0n) is 9.73. The third-order valence-electron chi connectivity index (χ3n) is 2.51. The minimum atomic E-state index is -4.08. The van der Waals surface area contributed by atoms with Gasteiger partial charge in [0.05, 0.1) is 4.90 Å². The Hall–Kier alpha value is -0.870. The number of rotatable bonds is 5. The van der Waals surface area contributed by atoms with Crippen LogP contribution < -0.4 is 0 Å². The summed E-state index contributed by atoms with van der Waals surface area (Å²) in [5.74, 6) is 0. The van der Waals surface area contributed by atoms with Gasteiger partial charge in [0.15, 0.2) is 0 Å². The van der Waals surface area contributed by atoms with Gasteiger partial charge in [-0.25, -0.2) is 0 Å². The van der Waals surface area contributed by atoms with E-state index in [2.05, 4.69) is 13.8 Å². The van der Waals surface area contributed by atoms with Gasteiger partial charge >= 0.3 is 0 Å². The molecule has 3 nitrogen and oxygen atoms in total. The molecule has 0 aliphatic carbocycles. The molecule has 90 valence electrons. The Morgan fingerprint density at radius 2 is 1.62 bits per heavy atom. The first-order valence-corrected chi connectivity index (χ1v) is 7.02. The van der Waals surface area contributed by atoms with Gasteiger partial charge in [-0.05, 0) is 36.1 Å². The maximum absolute atomic E-state index is 11.0. The van der Waals surface area contributed by atoms with E-state index < -0.39 is 10.1 Å². The molecule has 0 saturated carbocycles. The van der Waals surface area contributed by atoms with Crippen LogP contribution >= 0.6 is 0 Å². The molecule has 1 rings (SSSR count). The van der Waals surface area contributed by atoms with E-state index in [9.17, 15) is 8.42 Å². The lowest BCUT2D eigenvalue weighted by Gasteiger charge is -2.09. The third kappa shape index (κ3) is 3.32. The van der Waals surface area contributed by atoms with Gasteiger partial charge in [0, 0.05) is 0 Å². The summed E-state index contributed by atoms with van der Waals surface area (Å²) in [6, 6.07) is 4.86. The van der Waals surface area contributed by atoms with Crippen LogP contribution in [0.5, 0.6) is 0 Å². The summed E-state index contributed by atoms with van der Waals surface area (Å²) in [7, 11) is -4.08. The second-order valence-electron chi connectivity index (χ2n) is 3.91. The largest absolute Gasteiger partial charge is 0.294 e. The highest BCUT2D eigenvalue weighted by Crippen LogP contribution is 2.19. The lowest BCUT2D eigenvalue weighted by atomic mass is 10.00. The number of hydrogen-bond donors (Lipinski definition) is 1. The van der Waals surface area contributed by atoms with E-state index >= 15 is 0 Å². The number of aryl methyl sites for hydroxylation is 2. The van der Waals surface area contributed by atoms with Crippen molar-refractivity contribution in [3.63, 3.8) is 0 Å². The van der Waals surface area contributed by atoms with Crippen molar-refractivity contribution in [1.82, 2.24) is 0 Å². The molecule has 0 spiro atoms. The molecule has 0 aliphatic heterocycles. The Kier molecular flexibility index (Phi) is 4.50. The molecule has 0 unspecified atom stereocenters. The van der Waals surface area contributed by atoms with Crippen LogP contribution in [0.1, 0.15) is 37.8 Å². The van der Waals surface area contributed by atoms with Crippen LogP contribution in [-0.4, -0.2) is 13.0 Å². The first kappa shape index (κ1) is 13.2. The van der Waals surface area contributed by atoms with Gasteiger partial charge in [-0.3, -0.25) is 4.55 Å². The Morgan fingerprint density at radius 3 is 2.12 bits per heavy atom. The molecule has 1 aromatic carbocycles. The molecule has 0 saturated heterocycles. The Balaban J connectivity index is 3.17. The lowest BCUT2D eigenvalue weighted by Crippen LogP contribution is -2.02. The summed E-state index contributed by atoms with van der Waals surface area (Å²) in [6.45, 7) is 4.14. The predicted molar refractivity (Wildman–Crippen MR) is 64.2 cm³/mol. The van der Waals surface area contributed by atoms with Crippen molar-refractivity contribution in [2.24, 2.45) is 0 Å². The van der Waals surface area contributed by atoms with Crippen LogP contribution in [-0.2, 0) is 23.0 Å². The molecule has 0 fully saturated rings. The number of benzene rings is 1. The molecule has 0 bridgehead atoms. The highest BCUT2D eigenvalue weighted by atomic mass is 32.2. The van der Waals surface area contributed by atoms with Crippen molar-refractivity contribution in [3.05, 3.63) is 29.3 Å². The molecule has 1 aromatic rings.